The second-order valence-corrected chi connectivity index (χ2v) is 6.09. The number of benzene rings is 1. The van der Waals surface area contributed by atoms with Crippen molar-refractivity contribution in [3.63, 3.8) is 0 Å². The largest absolute Gasteiger partial charge is 0.417 e. The number of carbonyl (C=O) groups is 1. The highest BCUT2D eigenvalue weighted by atomic mass is 35.5. The molecular formula is C15H15ClF3N3O. The second kappa shape index (κ2) is 6.28. The summed E-state index contributed by atoms with van der Waals surface area (Å²) in [5.41, 5.74) is -1.78. The highest BCUT2D eigenvalue weighted by molar-refractivity contribution is 6.31. The van der Waals surface area contributed by atoms with Crippen LogP contribution in [0.4, 0.5) is 18.9 Å². The molecule has 1 aliphatic rings. The van der Waals surface area contributed by atoms with Gasteiger partial charge in [-0.05, 0) is 43.9 Å². The van der Waals surface area contributed by atoms with Gasteiger partial charge in [0.25, 0.3) is 0 Å². The summed E-state index contributed by atoms with van der Waals surface area (Å²) in [6, 6.07) is 5.40. The maximum absolute atomic E-state index is 12.8. The molecule has 8 heteroatoms. The zero-order valence-corrected chi connectivity index (χ0v) is 13.1. The number of carbonyl (C=O) groups excluding carboxylic acids is 1. The zero-order chi connectivity index (χ0) is 17.3. The molecular weight excluding hydrogens is 331 g/mol. The SMILES string of the molecule is C[C@](C#N)(NC(=O)CNc1ccc(Cl)c(C(F)(F)F)c1)C1CC1. The molecule has 0 aliphatic heterocycles. The van der Waals surface area contributed by atoms with Gasteiger partial charge in [-0.3, -0.25) is 4.79 Å². The monoisotopic (exact) mass is 345 g/mol. The minimum absolute atomic E-state index is 0.127. The van der Waals surface area contributed by atoms with Crippen molar-refractivity contribution in [3.8, 4) is 6.07 Å². The molecule has 2 N–H and O–H groups in total. The molecule has 0 spiro atoms. The summed E-state index contributed by atoms with van der Waals surface area (Å²) in [5.74, 6) is -0.326. The molecule has 0 saturated heterocycles. The average molecular weight is 346 g/mol. The van der Waals surface area contributed by atoms with E-state index in [1.807, 2.05) is 0 Å². The molecule has 0 radical (unpaired) electrons. The van der Waals surface area contributed by atoms with Crippen LogP contribution in [0.1, 0.15) is 25.3 Å². The van der Waals surface area contributed by atoms with Crippen LogP contribution in [0.2, 0.25) is 5.02 Å². The normalized spacial score (nSPS) is 17.0. The summed E-state index contributed by atoms with van der Waals surface area (Å²) < 4.78 is 38.3. The Morgan fingerprint density at radius 3 is 2.61 bits per heavy atom. The molecule has 1 saturated carbocycles. The third kappa shape index (κ3) is 4.29. The number of anilines is 1. The van der Waals surface area contributed by atoms with Gasteiger partial charge in [0.05, 0.1) is 23.2 Å². The Hall–Kier alpha value is -1.94. The maximum atomic E-state index is 12.8. The lowest BCUT2D eigenvalue weighted by atomic mass is 9.98. The molecule has 124 valence electrons. The molecule has 0 unspecified atom stereocenters. The van der Waals surface area contributed by atoms with Gasteiger partial charge in [0, 0.05) is 5.69 Å². The number of nitriles is 1. The molecule has 0 aromatic heterocycles. The van der Waals surface area contributed by atoms with Gasteiger partial charge >= 0.3 is 6.18 Å². The van der Waals surface area contributed by atoms with Crippen LogP contribution in [0.15, 0.2) is 18.2 Å². The molecule has 4 nitrogen and oxygen atoms in total. The van der Waals surface area contributed by atoms with Crippen molar-refractivity contribution in [1.82, 2.24) is 5.32 Å². The van der Waals surface area contributed by atoms with Crippen LogP contribution in [0.3, 0.4) is 0 Å². The van der Waals surface area contributed by atoms with Crippen LogP contribution in [-0.4, -0.2) is 18.0 Å². The third-order valence-electron chi connectivity index (χ3n) is 3.75. The van der Waals surface area contributed by atoms with Crippen LogP contribution < -0.4 is 10.6 Å². The Kier molecular flexibility index (Phi) is 4.76. The number of hydrogen-bond acceptors (Lipinski definition) is 3. The third-order valence-corrected chi connectivity index (χ3v) is 4.08. The molecule has 1 fully saturated rings. The van der Waals surface area contributed by atoms with Crippen LogP contribution >= 0.6 is 11.6 Å². The minimum Gasteiger partial charge on any atom is -0.376 e. The number of amides is 1. The van der Waals surface area contributed by atoms with E-state index in [1.165, 1.54) is 6.07 Å². The summed E-state index contributed by atoms with van der Waals surface area (Å²) in [6.07, 6.45) is -2.81. The summed E-state index contributed by atoms with van der Waals surface area (Å²) in [6.45, 7) is 1.41. The average Bonchev–Trinajstić information content (AvgIpc) is 3.30. The minimum atomic E-state index is -4.57. The second-order valence-electron chi connectivity index (χ2n) is 5.68. The van der Waals surface area contributed by atoms with Crippen LogP contribution in [0, 0.1) is 17.2 Å². The summed E-state index contributed by atoms with van der Waals surface area (Å²) in [7, 11) is 0. The van der Waals surface area contributed by atoms with E-state index in [0.717, 1.165) is 25.0 Å². The van der Waals surface area contributed by atoms with Gasteiger partial charge in [0.15, 0.2) is 0 Å². The molecule has 1 aliphatic carbocycles. The molecule has 1 aromatic carbocycles. The van der Waals surface area contributed by atoms with E-state index in [9.17, 15) is 18.0 Å². The van der Waals surface area contributed by atoms with Crippen molar-refractivity contribution in [3.05, 3.63) is 28.8 Å². The van der Waals surface area contributed by atoms with E-state index in [0.29, 0.717) is 0 Å². The number of rotatable bonds is 5. The molecule has 23 heavy (non-hydrogen) atoms. The van der Waals surface area contributed by atoms with Gasteiger partial charge in [-0.1, -0.05) is 11.6 Å². The van der Waals surface area contributed by atoms with Gasteiger partial charge in [-0.15, -0.1) is 0 Å². The first-order valence-electron chi connectivity index (χ1n) is 6.98. The molecule has 1 aromatic rings. The number of alkyl halides is 3. The van der Waals surface area contributed by atoms with Gasteiger partial charge in [0.1, 0.15) is 5.54 Å². The van der Waals surface area contributed by atoms with Crippen LogP contribution in [-0.2, 0) is 11.0 Å². The molecule has 1 amide bonds. The fourth-order valence-electron chi connectivity index (χ4n) is 2.25. The Balaban J connectivity index is 1.98. The highest BCUT2D eigenvalue weighted by Crippen LogP contribution is 2.39. The zero-order valence-electron chi connectivity index (χ0n) is 12.3. The number of hydrogen-bond donors (Lipinski definition) is 2. The van der Waals surface area contributed by atoms with E-state index < -0.39 is 28.2 Å². The van der Waals surface area contributed by atoms with Gasteiger partial charge in [-0.25, -0.2) is 0 Å². The fourth-order valence-corrected chi connectivity index (χ4v) is 2.48. The van der Waals surface area contributed by atoms with Gasteiger partial charge in [0.2, 0.25) is 5.91 Å². The van der Waals surface area contributed by atoms with E-state index >= 15 is 0 Å². The molecule has 0 heterocycles. The number of nitrogens with one attached hydrogen (secondary N) is 2. The Morgan fingerprint density at radius 2 is 2.09 bits per heavy atom. The standard InChI is InChI=1S/C15H15ClF3N3O/c1-14(8-20,9-2-3-9)22-13(23)7-21-10-4-5-12(16)11(6-10)15(17,18)19/h4-6,9,21H,2-3,7H2,1H3,(H,22,23)/t14-/m1/s1. The maximum Gasteiger partial charge on any atom is 0.417 e. The summed E-state index contributed by atoms with van der Waals surface area (Å²) in [4.78, 5) is 11.9. The first-order valence-corrected chi connectivity index (χ1v) is 7.36. The lowest BCUT2D eigenvalue weighted by Gasteiger charge is -2.23. The predicted octanol–water partition coefficient (Wildman–Crippen LogP) is 3.58. The van der Waals surface area contributed by atoms with E-state index in [4.69, 9.17) is 16.9 Å². The van der Waals surface area contributed by atoms with Crippen molar-refractivity contribution in [1.29, 1.82) is 5.26 Å². The number of nitrogens with zero attached hydrogens (tertiary/aromatic N) is 1. The summed E-state index contributed by atoms with van der Waals surface area (Å²) >= 11 is 5.53. The van der Waals surface area contributed by atoms with E-state index in [-0.39, 0.29) is 18.2 Å². The van der Waals surface area contributed by atoms with Crippen molar-refractivity contribution in [2.45, 2.75) is 31.5 Å². The predicted molar refractivity (Wildman–Crippen MR) is 79.8 cm³/mol. The highest BCUT2D eigenvalue weighted by Gasteiger charge is 2.42. The quantitative estimate of drug-likeness (QED) is 0.857. The van der Waals surface area contributed by atoms with Crippen molar-refractivity contribution >= 4 is 23.2 Å². The van der Waals surface area contributed by atoms with Crippen molar-refractivity contribution in [2.75, 3.05) is 11.9 Å². The van der Waals surface area contributed by atoms with Gasteiger partial charge in [-0.2, -0.15) is 18.4 Å². The van der Waals surface area contributed by atoms with Crippen LogP contribution in [0.25, 0.3) is 0 Å². The smallest absolute Gasteiger partial charge is 0.376 e. The summed E-state index contributed by atoms with van der Waals surface area (Å²) in [5, 5.41) is 14.0. The Bertz CT molecular complexity index is 652. The van der Waals surface area contributed by atoms with E-state index in [1.54, 1.807) is 6.92 Å². The first-order chi connectivity index (χ1) is 10.7. The van der Waals surface area contributed by atoms with Crippen LogP contribution in [0.5, 0.6) is 0 Å². The van der Waals surface area contributed by atoms with Crippen molar-refractivity contribution in [2.24, 2.45) is 5.92 Å². The Labute approximate surface area is 136 Å². The fraction of sp³-hybridized carbons (Fsp3) is 0.467. The lowest BCUT2D eigenvalue weighted by molar-refractivity contribution is -0.137. The Morgan fingerprint density at radius 1 is 1.43 bits per heavy atom. The first kappa shape index (κ1) is 17.4. The molecule has 1 atom stereocenters. The molecule has 0 bridgehead atoms. The van der Waals surface area contributed by atoms with Gasteiger partial charge < -0.3 is 10.6 Å². The molecule has 2 rings (SSSR count). The lowest BCUT2D eigenvalue weighted by Crippen LogP contribution is -2.48. The van der Waals surface area contributed by atoms with Crippen molar-refractivity contribution < 1.29 is 18.0 Å². The number of halogens is 4. The topological polar surface area (TPSA) is 64.9 Å². The van der Waals surface area contributed by atoms with E-state index in [2.05, 4.69) is 16.7 Å².